The fourth-order valence-corrected chi connectivity index (χ4v) is 1.95. The first-order chi connectivity index (χ1) is 8.34. The molecule has 0 aliphatic carbocycles. The summed E-state index contributed by atoms with van der Waals surface area (Å²) in [6.07, 6.45) is 7.34. The van der Waals surface area contributed by atoms with E-state index in [1.807, 2.05) is 12.1 Å². The molecule has 0 saturated carbocycles. The fourth-order valence-electron chi connectivity index (χ4n) is 1.95. The number of rotatable bonds is 4. The van der Waals surface area contributed by atoms with Crippen molar-refractivity contribution in [3.63, 3.8) is 0 Å². The zero-order valence-corrected chi connectivity index (χ0v) is 9.89. The van der Waals surface area contributed by atoms with E-state index in [0.717, 1.165) is 25.0 Å². The van der Waals surface area contributed by atoms with Gasteiger partial charge in [0.1, 0.15) is 0 Å². The van der Waals surface area contributed by atoms with Crippen LogP contribution in [-0.4, -0.2) is 23.6 Å². The lowest BCUT2D eigenvalue weighted by Gasteiger charge is -2.21. The van der Waals surface area contributed by atoms with Crippen LogP contribution in [0, 0.1) is 0 Å². The van der Waals surface area contributed by atoms with Gasteiger partial charge in [0.25, 0.3) is 0 Å². The Hall–Kier alpha value is -1.42. The molecule has 1 aliphatic heterocycles. The van der Waals surface area contributed by atoms with E-state index in [-0.39, 0.29) is 12.0 Å². The third kappa shape index (κ3) is 4.15. The van der Waals surface area contributed by atoms with E-state index in [1.54, 1.807) is 12.4 Å². The zero-order valence-electron chi connectivity index (χ0n) is 9.89. The Labute approximate surface area is 101 Å². The van der Waals surface area contributed by atoms with Crippen LogP contribution in [-0.2, 0) is 16.1 Å². The molecular weight excluding hydrogens is 216 g/mol. The van der Waals surface area contributed by atoms with Gasteiger partial charge in [-0.1, -0.05) is 0 Å². The minimum Gasteiger partial charge on any atom is -0.378 e. The average molecular weight is 234 g/mol. The van der Waals surface area contributed by atoms with Crippen molar-refractivity contribution < 1.29 is 9.53 Å². The minimum absolute atomic E-state index is 0.0636. The molecule has 1 unspecified atom stereocenters. The van der Waals surface area contributed by atoms with Gasteiger partial charge in [0, 0.05) is 25.5 Å². The van der Waals surface area contributed by atoms with E-state index in [1.165, 1.54) is 6.42 Å². The fraction of sp³-hybridized carbons (Fsp3) is 0.538. The van der Waals surface area contributed by atoms with Crippen molar-refractivity contribution in [1.29, 1.82) is 0 Å². The number of nitrogens with zero attached hydrogens (tertiary/aromatic N) is 1. The molecule has 4 nitrogen and oxygen atoms in total. The van der Waals surface area contributed by atoms with Crippen LogP contribution in [0.4, 0.5) is 0 Å². The molecule has 1 saturated heterocycles. The summed E-state index contributed by atoms with van der Waals surface area (Å²) in [6, 6.07) is 3.80. The van der Waals surface area contributed by atoms with Crippen LogP contribution in [0.3, 0.4) is 0 Å². The Morgan fingerprint density at radius 2 is 2.24 bits per heavy atom. The summed E-state index contributed by atoms with van der Waals surface area (Å²) < 4.78 is 5.53. The molecule has 1 atom stereocenters. The summed E-state index contributed by atoms with van der Waals surface area (Å²) >= 11 is 0. The molecule has 92 valence electrons. The Balaban J connectivity index is 1.70. The molecule has 0 radical (unpaired) electrons. The van der Waals surface area contributed by atoms with Crippen molar-refractivity contribution in [2.75, 3.05) is 6.61 Å². The van der Waals surface area contributed by atoms with Crippen LogP contribution >= 0.6 is 0 Å². The molecule has 1 amide bonds. The highest BCUT2D eigenvalue weighted by atomic mass is 16.5. The number of hydrogen-bond acceptors (Lipinski definition) is 3. The molecule has 0 bridgehead atoms. The van der Waals surface area contributed by atoms with Gasteiger partial charge in [0.05, 0.1) is 12.5 Å². The molecule has 17 heavy (non-hydrogen) atoms. The molecule has 1 aromatic rings. The standard InChI is InChI=1S/C13H18N2O2/c16-13(9-12-3-1-2-8-17-12)15-10-11-4-6-14-7-5-11/h4-7,12H,1-3,8-10H2,(H,15,16). The summed E-state index contributed by atoms with van der Waals surface area (Å²) in [6.45, 7) is 1.36. The molecule has 4 heteroatoms. The van der Waals surface area contributed by atoms with Gasteiger partial charge in [-0.3, -0.25) is 9.78 Å². The lowest BCUT2D eigenvalue weighted by atomic mass is 10.1. The summed E-state index contributed by atoms with van der Waals surface area (Å²) in [5, 5.41) is 2.90. The Kier molecular flexibility index (Phi) is 4.50. The van der Waals surface area contributed by atoms with Crippen LogP contribution in [0.25, 0.3) is 0 Å². The third-order valence-corrected chi connectivity index (χ3v) is 2.93. The number of nitrogens with one attached hydrogen (secondary N) is 1. The van der Waals surface area contributed by atoms with E-state index >= 15 is 0 Å². The van der Waals surface area contributed by atoms with Gasteiger partial charge in [-0.25, -0.2) is 0 Å². The van der Waals surface area contributed by atoms with Crippen molar-refractivity contribution in [2.24, 2.45) is 0 Å². The van der Waals surface area contributed by atoms with E-state index < -0.39 is 0 Å². The Morgan fingerprint density at radius 1 is 1.41 bits per heavy atom. The second kappa shape index (κ2) is 6.35. The molecule has 1 fully saturated rings. The molecule has 1 N–H and O–H groups in total. The number of carbonyl (C=O) groups excluding carboxylic acids is 1. The van der Waals surface area contributed by atoms with Crippen LogP contribution in [0.1, 0.15) is 31.2 Å². The van der Waals surface area contributed by atoms with E-state index in [4.69, 9.17) is 4.74 Å². The number of hydrogen-bond donors (Lipinski definition) is 1. The van der Waals surface area contributed by atoms with Gasteiger partial charge in [0.15, 0.2) is 0 Å². The van der Waals surface area contributed by atoms with E-state index in [2.05, 4.69) is 10.3 Å². The minimum atomic E-state index is 0.0636. The molecule has 0 aromatic carbocycles. The molecule has 0 spiro atoms. The van der Waals surface area contributed by atoms with E-state index in [9.17, 15) is 4.79 Å². The molecule has 2 heterocycles. The van der Waals surface area contributed by atoms with Crippen LogP contribution < -0.4 is 5.32 Å². The van der Waals surface area contributed by atoms with Crippen LogP contribution in [0.2, 0.25) is 0 Å². The quantitative estimate of drug-likeness (QED) is 0.862. The number of carbonyl (C=O) groups is 1. The number of amides is 1. The first-order valence-corrected chi connectivity index (χ1v) is 6.12. The monoisotopic (exact) mass is 234 g/mol. The van der Waals surface area contributed by atoms with Crippen LogP contribution in [0.5, 0.6) is 0 Å². The number of aromatic nitrogens is 1. The zero-order chi connectivity index (χ0) is 11.9. The topological polar surface area (TPSA) is 51.2 Å². The summed E-state index contributed by atoms with van der Waals surface area (Å²) in [7, 11) is 0. The van der Waals surface area contributed by atoms with Crippen molar-refractivity contribution in [3.8, 4) is 0 Å². The smallest absolute Gasteiger partial charge is 0.222 e. The maximum atomic E-state index is 11.7. The highest BCUT2D eigenvalue weighted by Crippen LogP contribution is 2.15. The third-order valence-electron chi connectivity index (χ3n) is 2.93. The first-order valence-electron chi connectivity index (χ1n) is 6.12. The maximum absolute atomic E-state index is 11.7. The lowest BCUT2D eigenvalue weighted by Crippen LogP contribution is -2.30. The van der Waals surface area contributed by atoms with Crippen molar-refractivity contribution >= 4 is 5.91 Å². The predicted octanol–water partition coefficient (Wildman–Crippen LogP) is 1.66. The van der Waals surface area contributed by atoms with E-state index in [0.29, 0.717) is 13.0 Å². The first kappa shape index (κ1) is 12.0. The summed E-state index contributed by atoms with van der Waals surface area (Å²) in [4.78, 5) is 15.6. The van der Waals surface area contributed by atoms with Crippen LogP contribution in [0.15, 0.2) is 24.5 Å². The van der Waals surface area contributed by atoms with Gasteiger partial charge in [-0.2, -0.15) is 0 Å². The lowest BCUT2D eigenvalue weighted by molar-refractivity contribution is -0.125. The van der Waals surface area contributed by atoms with Gasteiger partial charge < -0.3 is 10.1 Å². The second-order valence-electron chi connectivity index (χ2n) is 4.32. The van der Waals surface area contributed by atoms with Gasteiger partial charge in [0.2, 0.25) is 5.91 Å². The largest absolute Gasteiger partial charge is 0.378 e. The highest BCUT2D eigenvalue weighted by molar-refractivity contribution is 5.76. The molecule has 2 rings (SSSR count). The van der Waals surface area contributed by atoms with Crippen molar-refractivity contribution in [1.82, 2.24) is 10.3 Å². The Bertz CT molecular complexity index is 348. The molecule has 1 aromatic heterocycles. The SMILES string of the molecule is O=C(CC1CCCCO1)NCc1ccncc1. The highest BCUT2D eigenvalue weighted by Gasteiger charge is 2.17. The average Bonchev–Trinajstić information content (AvgIpc) is 2.39. The second-order valence-corrected chi connectivity index (χ2v) is 4.32. The molecule has 1 aliphatic rings. The van der Waals surface area contributed by atoms with Crippen molar-refractivity contribution in [3.05, 3.63) is 30.1 Å². The number of pyridine rings is 1. The summed E-state index contributed by atoms with van der Waals surface area (Å²) in [5.74, 6) is 0.0636. The van der Waals surface area contributed by atoms with Gasteiger partial charge in [-0.15, -0.1) is 0 Å². The van der Waals surface area contributed by atoms with Gasteiger partial charge >= 0.3 is 0 Å². The maximum Gasteiger partial charge on any atom is 0.222 e. The Morgan fingerprint density at radius 3 is 2.94 bits per heavy atom. The van der Waals surface area contributed by atoms with Gasteiger partial charge in [-0.05, 0) is 37.0 Å². The van der Waals surface area contributed by atoms with Crippen molar-refractivity contribution in [2.45, 2.75) is 38.3 Å². The number of ether oxygens (including phenoxy) is 1. The molecular formula is C13H18N2O2. The summed E-state index contributed by atoms with van der Waals surface area (Å²) in [5.41, 5.74) is 1.07. The normalized spacial score (nSPS) is 19.9. The predicted molar refractivity (Wildman–Crippen MR) is 64.3 cm³/mol.